The molecule has 0 bridgehead atoms. The predicted molar refractivity (Wildman–Crippen MR) is 90.7 cm³/mol. The molecule has 0 radical (unpaired) electrons. The van der Waals surface area contributed by atoms with Crippen molar-refractivity contribution in [2.75, 3.05) is 20.3 Å². The van der Waals surface area contributed by atoms with E-state index < -0.39 is 0 Å². The van der Waals surface area contributed by atoms with E-state index in [1.54, 1.807) is 7.11 Å². The minimum atomic E-state index is 0.391. The highest BCUT2D eigenvalue weighted by molar-refractivity contribution is 5.39. The molecule has 3 nitrogen and oxygen atoms in total. The molecule has 0 saturated heterocycles. The summed E-state index contributed by atoms with van der Waals surface area (Å²) in [4.78, 5) is 0. The predicted octanol–water partition coefficient (Wildman–Crippen LogP) is 3.91. The second-order valence-electron chi connectivity index (χ2n) is 5.48. The van der Waals surface area contributed by atoms with Crippen LogP contribution in [0.15, 0.2) is 48.5 Å². The standard InChI is InChI=1S/C19H25NO2/c1-15-9-11-16(12-10-15)17(14-20)6-5-13-22-19-8-4-3-7-18(19)21-2/h3-4,7-12,17H,5-6,13-14,20H2,1-2H3. The first-order valence-corrected chi connectivity index (χ1v) is 7.77. The molecule has 0 amide bonds. The first kappa shape index (κ1) is 16.4. The number of hydrogen-bond donors (Lipinski definition) is 1. The molecule has 1 unspecified atom stereocenters. The molecule has 0 saturated carbocycles. The summed E-state index contributed by atoms with van der Waals surface area (Å²) in [7, 11) is 1.66. The van der Waals surface area contributed by atoms with Crippen molar-refractivity contribution in [3.05, 3.63) is 59.7 Å². The van der Waals surface area contributed by atoms with E-state index >= 15 is 0 Å². The zero-order valence-electron chi connectivity index (χ0n) is 13.4. The van der Waals surface area contributed by atoms with E-state index in [0.29, 0.717) is 19.1 Å². The summed E-state index contributed by atoms with van der Waals surface area (Å²) in [5.74, 6) is 1.96. The van der Waals surface area contributed by atoms with Crippen LogP contribution in [-0.4, -0.2) is 20.3 Å². The Balaban J connectivity index is 1.83. The Labute approximate surface area is 133 Å². The number of ether oxygens (including phenoxy) is 2. The van der Waals surface area contributed by atoms with Gasteiger partial charge in [-0.3, -0.25) is 0 Å². The van der Waals surface area contributed by atoms with Gasteiger partial charge in [-0.1, -0.05) is 42.0 Å². The summed E-state index contributed by atoms with van der Waals surface area (Å²) in [5.41, 5.74) is 8.51. The van der Waals surface area contributed by atoms with Gasteiger partial charge in [0.25, 0.3) is 0 Å². The smallest absolute Gasteiger partial charge is 0.161 e. The number of nitrogens with two attached hydrogens (primary N) is 1. The molecule has 3 heteroatoms. The molecule has 0 heterocycles. The number of aryl methyl sites for hydroxylation is 1. The van der Waals surface area contributed by atoms with Crippen molar-refractivity contribution in [2.24, 2.45) is 5.73 Å². The summed E-state index contributed by atoms with van der Waals surface area (Å²) >= 11 is 0. The molecule has 0 aromatic heterocycles. The van der Waals surface area contributed by atoms with Crippen LogP contribution in [0.4, 0.5) is 0 Å². The van der Waals surface area contributed by atoms with Crippen LogP contribution < -0.4 is 15.2 Å². The van der Waals surface area contributed by atoms with Crippen LogP contribution in [0.3, 0.4) is 0 Å². The van der Waals surface area contributed by atoms with E-state index in [1.165, 1.54) is 11.1 Å². The Bertz CT molecular complexity index is 566. The molecule has 22 heavy (non-hydrogen) atoms. The van der Waals surface area contributed by atoms with Crippen molar-refractivity contribution in [1.29, 1.82) is 0 Å². The Morgan fingerprint density at radius 2 is 1.68 bits per heavy atom. The average Bonchev–Trinajstić information content (AvgIpc) is 2.56. The van der Waals surface area contributed by atoms with Gasteiger partial charge in [0, 0.05) is 0 Å². The Kier molecular flexibility index (Phi) is 6.28. The van der Waals surface area contributed by atoms with Crippen molar-refractivity contribution >= 4 is 0 Å². The minimum absolute atomic E-state index is 0.391. The first-order chi connectivity index (χ1) is 10.7. The molecular weight excluding hydrogens is 274 g/mol. The van der Waals surface area contributed by atoms with E-state index in [9.17, 15) is 0 Å². The van der Waals surface area contributed by atoms with E-state index in [4.69, 9.17) is 15.2 Å². The maximum absolute atomic E-state index is 5.92. The van der Waals surface area contributed by atoms with Crippen LogP contribution in [0.25, 0.3) is 0 Å². The number of hydrogen-bond acceptors (Lipinski definition) is 3. The van der Waals surface area contributed by atoms with E-state index in [2.05, 4.69) is 31.2 Å². The minimum Gasteiger partial charge on any atom is -0.493 e. The third-order valence-corrected chi connectivity index (χ3v) is 3.86. The van der Waals surface area contributed by atoms with Gasteiger partial charge in [0.15, 0.2) is 11.5 Å². The van der Waals surface area contributed by atoms with Gasteiger partial charge in [0.2, 0.25) is 0 Å². The molecule has 2 aromatic carbocycles. The number of rotatable bonds is 8. The van der Waals surface area contributed by atoms with Gasteiger partial charge in [-0.15, -0.1) is 0 Å². The number of para-hydroxylation sites is 2. The molecule has 2 N–H and O–H groups in total. The summed E-state index contributed by atoms with van der Waals surface area (Å²) in [6.45, 7) is 3.43. The highest BCUT2D eigenvalue weighted by Crippen LogP contribution is 2.26. The van der Waals surface area contributed by atoms with Crippen LogP contribution in [0, 0.1) is 6.92 Å². The molecule has 0 fully saturated rings. The normalized spacial score (nSPS) is 12.0. The lowest BCUT2D eigenvalue weighted by molar-refractivity contribution is 0.283. The zero-order valence-corrected chi connectivity index (χ0v) is 13.4. The van der Waals surface area contributed by atoms with Gasteiger partial charge in [-0.2, -0.15) is 0 Å². The second-order valence-corrected chi connectivity index (χ2v) is 5.48. The van der Waals surface area contributed by atoms with Gasteiger partial charge in [-0.05, 0) is 49.9 Å². The van der Waals surface area contributed by atoms with Crippen molar-refractivity contribution < 1.29 is 9.47 Å². The molecule has 2 aromatic rings. The summed E-state index contributed by atoms with van der Waals surface area (Å²) in [5, 5.41) is 0. The highest BCUT2D eigenvalue weighted by atomic mass is 16.5. The molecule has 0 aliphatic rings. The van der Waals surface area contributed by atoms with Crippen LogP contribution in [0.5, 0.6) is 11.5 Å². The van der Waals surface area contributed by atoms with Gasteiger partial charge in [-0.25, -0.2) is 0 Å². The van der Waals surface area contributed by atoms with E-state index in [1.807, 2.05) is 24.3 Å². The number of benzene rings is 2. The summed E-state index contributed by atoms with van der Waals surface area (Å²) in [6, 6.07) is 16.4. The molecule has 0 aliphatic carbocycles. The lowest BCUT2D eigenvalue weighted by atomic mass is 9.94. The van der Waals surface area contributed by atoms with Crippen LogP contribution in [0.2, 0.25) is 0 Å². The molecule has 1 atom stereocenters. The Morgan fingerprint density at radius 3 is 2.32 bits per heavy atom. The van der Waals surface area contributed by atoms with Crippen molar-refractivity contribution in [2.45, 2.75) is 25.7 Å². The zero-order chi connectivity index (χ0) is 15.8. The van der Waals surface area contributed by atoms with Crippen molar-refractivity contribution in [3.8, 4) is 11.5 Å². The van der Waals surface area contributed by atoms with Crippen LogP contribution in [0.1, 0.15) is 29.9 Å². The van der Waals surface area contributed by atoms with Crippen LogP contribution in [-0.2, 0) is 0 Å². The third kappa shape index (κ3) is 4.50. The van der Waals surface area contributed by atoms with Gasteiger partial charge >= 0.3 is 0 Å². The van der Waals surface area contributed by atoms with E-state index in [-0.39, 0.29) is 0 Å². The Hall–Kier alpha value is -2.00. The molecule has 118 valence electrons. The van der Waals surface area contributed by atoms with E-state index in [0.717, 1.165) is 24.3 Å². The third-order valence-electron chi connectivity index (χ3n) is 3.86. The monoisotopic (exact) mass is 299 g/mol. The van der Waals surface area contributed by atoms with Gasteiger partial charge in [0.1, 0.15) is 0 Å². The lowest BCUT2D eigenvalue weighted by Gasteiger charge is -2.16. The summed E-state index contributed by atoms with van der Waals surface area (Å²) < 4.78 is 11.1. The molecule has 0 spiro atoms. The fourth-order valence-corrected chi connectivity index (χ4v) is 2.51. The molecule has 0 aliphatic heterocycles. The maximum Gasteiger partial charge on any atom is 0.161 e. The SMILES string of the molecule is COc1ccccc1OCCCC(CN)c1ccc(C)cc1. The highest BCUT2D eigenvalue weighted by Gasteiger charge is 2.10. The second kappa shape index (κ2) is 8.44. The fourth-order valence-electron chi connectivity index (χ4n) is 2.51. The largest absolute Gasteiger partial charge is 0.493 e. The molecular formula is C19H25NO2. The molecule has 2 rings (SSSR count). The average molecular weight is 299 g/mol. The topological polar surface area (TPSA) is 44.5 Å². The van der Waals surface area contributed by atoms with Gasteiger partial charge < -0.3 is 15.2 Å². The summed E-state index contributed by atoms with van der Waals surface area (Å²) in [6.07, 6.45) is 1.99. The van der Waals surface area contributed by atoms with Gasteiger partial charge in [0.05, 0.1) is 13.7 Å². The van der Waals surface area contributed by atoms with Crippen molar-refractivity contribution in [3.63, 3.8) is 0 Å². The van der Waals surface area contributed by atoms with Crippen LogP contribution >= 0.6 is 0 Å². The Morgan fingerprint density at radius 1 is 1.00 bits per heavy atom. The quantitative estimate of drug-likeness (QED) is 0.752. The van der Waals surface area contributed by atoms with Crippen molar-refractivity contribution in [1.82, 2.24) is 0 Å². The first-order valence-electron chi connectivity index (χ1n) is 7.77. The lowest BCUT2D eigenvalue weighted by Crippen LogP contribution is -2.13. The number of methoxy groups -OCH3 is 1. The maximum atomic E-state index is 5.92. The fraction of sp³-hybridized carbons (Fsp3) is 0.368.